The van der Waals surface area contributed by atoms with Crippen molar-refractivity contribution in [3.05, 3.63) is 88.7 Å². The molecule has 2 aromatic carbocycles. The van der Waals surface area contributed by atoms with Crippen LogP contribution in [0.25, 0.3) is 44.5 Å². The third-order valence-corrected chi connectivity index (χ3v) is 11.3. The molecule has 0 spiro atoms. The first-order chi connectivity index (χ1) is 27.1. The normalized spacial score (nSPS) is 16.8. The van der Waals surface area contributed by atoms with Gasteiger partial charge >= 0.3 is 5.97 Å². The molecular formula is C42H44N10O4. The number of nitrogens with one attached hydrogen (secondary N) is 2. The van der Waals surface area contributed by atoms with Crippen molar-refractivity contribution in [2.75, 3.05) is 43.8 Å². The number of hydrogen-bond donors (Lipinski definition) is 5. The Labute approximate surface area is 323 Å². The van der Waals surface area contributed by atoms with E-state index in [9.17, 15) is 20.3 Å². The van der Waals surface area contributed by atoms with Gasteiger partial charge in [-0.25, -0.2) is 4.98 Å². The van der Waals surface area contributed by atoms with Crippen molar-refractivity contribution >= 4 is 45.4 Å². The number of nitrogens with zero attached hydrogens (tertiary/aromatic N) is 7. The lowest BCUT2D eigenvalue weighted by Crippen LogP contribution is -2.39. The number of aliphatic hydroxyl groups excluding tert-OH is 1. The minimum atomic E-state index is -0.740. The molecule has 2 aliphatic heterocycles. The zero-order chi connectivity index (χ0) is 39.1. The lowest BCUT2D eigenvalue weighted by Gasteiger charge is -2.30. The zero-order valence-corrected chi connectivity index (χ0v) is 31.4. The summed E-state index contributed by atoms with van der Waals surface area (Å²) in [5.41, 5.74) is 15.1. The summed E-state index contributed by atoms with van der Waals surface area (Å²) in [6, 6.07) is 18.2. The molecule has 8 rings (SSSR count). The third kappa shape index (κ3) is 7.19. The highest BCUT2D eigenvalue weighted by atomic mass is 16.4. The van der Waals surface area contributed by atoms with E-state index in [2.05, 4.69) is 43.3 Å². The van der Waals surface area contributed by atoms with Gasteiger partial charge in [0.2, 0.25) is 5.95 Å². The Bertz CT molecular complexity index is 2580. The number of aliphatic hydroxyl groups is 1. The Morgan fingerprint density at radius 3 is 2.48 bits per heavy atom. The number of benzene rings is 2. The van der Waals surface area contributed by atoms with Crippen molar-refractivity contribution in [2.45, 2.75) is 52.3 Å². The minimum absolute atomic E-state index is 0.136. The zero-order valence-electron chi connectivity index (χ0n) is 31.4. The smallest absolute Gasteiger partial charge is 0.306 e. The number of piperidine rings is 1. The standard InChI is InChI=1S/C42H44N10O4/c1-24-30(31-6-4-8-34(25(31)2)47-40-37-35(48-42(45)49-40)17-26(20-46-37)21-51-14-11-29(53)23-51)5-3-7-32(24)36-18-33-38(56-36)28(19-43)22-52(39(33)44)16-15-50-12-9-27(10-13-50)41(54)55/h3-8,17-18,20,22,27,29,44,53H,9-16,21,23H2,1-2H3,(H,54,55)(H3,45,47,48,49)/t29-/m1/s1. The van der Waals surface area contributed by atoms with Gasteiger partial charge in [0.25, 0.3) is 0 Å². The first-order valence-electron chi connectivity index (χ1n) is 18.9. The number of anilines is 3. The Balaban J connectivity index is 1.06. The fraction of sp³-hybridized carbons (Fsp3) is 0.333. The predicted molar refractivity (Wildman–Crippen MR) is 213 cm³/mol. The van der Waals surface area contributed by atoms with Crippen molar-refractivity contribution in [3.8, 4) is 28.5 Å². The van der Waals surface area contributed by atoms with E-state index in [4.69, 9.17) is 20.5 Å². The molecule has 6 aromatic rings. The second kappa shape index (κ2) is 15.2. The maximum Gasteiger partial charge on any atom is 0.306 e. The molecule has 56 heavy (non-hydrogen) atoms. The maximum atomic E-state index is 11.4. The molecule has 4 aromatic heterocycles. The second-order valence-corrected chi connectivity index (χ2v) is 14.9. The first kappa shape index (κ1) is 36.8. The van der Waals surface area contributed by atoms with Crippen LogP contribution in [0.1, 0.15) is 41.5 Å². The van der Waals surface area contributed by atoms with Crippen LogP contribution in [-0.4, -0.2) is 84.3 Å². The van der Waals surface area contributed by atoms with Gasteiger partial charge in [0.1, 0.15) is 28.4 Å². The van der Waals surface area contributed by atoms with E-state index in [0.29, 0.717) is 91.3 Å². The van der Waals surface area contributed by atoms with Gasteiger partial charge in [-0.2, -0.15) is 10.2 Å². The van der Waals surface area contributed by atoms with Crippen LogP contribution in [0, 0.1) is 36.5 Å². The molecule has 14 heteroatoms. The highest BCUT2D eigenvalue weighted by Gasteiger charge is 2.25. The predicted octanol–water partition coefficient (Wildman–Crippen LogP) is 5.56. The number of carboxylic acid groups (broad SMARTS) is 1. The van der Waals surface area contributed by atoms with Gasteiger partial charge in [-0.1, -0.05) is 30.3 Å². The fourth-order valence-corrected chi connectivity index (χ4v) is 8.09. The van der Waals surface area contributed by atoms with Gasteiger partial charge in [0.15, 0.2) is 11.4 Å². The number of carboxylic acids is 1. The molecule has 6 heterocycles. The molecule has 2 saturated heterocycles. The van der Waals surface area contributed by atoms with Crippen LogP contribution in [0.3, 0.4) is 0 Å². The number of fused-ring (bicyclic) bond motifs is 2. The number of likely N-dealkylation sites (tertiary alicyclic amines) is 2. The number of rotatable bonds is 10. The van der Waals surface area contributed by atoms with Gasteiger partial charge in [-0.15, -0.1) is 0 Å². The number of furan rings is 1. The SMILES string of the molecule is Cc1c(Nc2nc(N)nc3cc(CN4CC[C@@H](O)C4)cnc23)cccc1-c1cccc(-c2cc3c(=N)n(CCN4CCC(C(=O)O)CC4)cc(C#N)c3o2)c1C. The number of aromatic nitrogens is 4. The molecule has 0 unspecified atom stereocenters. The lowest BCUT2D eigenvalue weighted by atomic mass is 9.92. The highest BCUT2D eigenvalue weighted by Crippen LogP contribution is 2.38. The number of nitrogens with two attached hydrogens (primary N) is 1. The topological polar surface area (TPSA) is 206 Å². The number of nitriles is 1. The van der Waals surface area contributed by atoms with Crippen LogP contribution in [-0.2, 0) is 17.9 Å². The van der Waals surface area contributed by atoms with Crippen LogP contribution < -0.4 is 16.5 Å². The Morgan fingerprint density at radius 1 is 1.02 bits per heavy atom. The molecule has 14 nitrogen and oxygen atoms in total. The monoisotopic (exact) mass is 752 g/mol. The largest absolute Gasteiger partial charge is 0.481 e. The van der Waals surface area contributed by atoms with Gasteiger partial charge in [0.05, 0.1) is 22.9 Å². The number of pyridine rings is 2. The van der Waals surface area contributed by atoms with E-state index < -0.39 is 5.97 Å². The fourth-order valence-electron chi connectivity index (χ4n) is 8.09. The van der Waals surface area contributed by atoms with E-state index in [-0.39, 0.29) is 23.5 Å². The number of nitrogen functional groups attached to an aromatic ring is 1. The number of aliphatic carboxylic acids is 1. The number of carbonyl (C=O) groups is 1. The number of β-amino-alcohol motifs (C(OH)–C–C–N with tert-alkyl or cyclic N) is 1. The lowest BCUT2D eigenvalue weighted by molar-refractivity contribution is -0.143. The second-order valence-electron chi connectivity index (χ2n) is 14.9. The molecule has 2 aliphatic rings. The van der Waals surface area contributed by atoms with Crippen molar-refractivity contribution in [1.29, 1.82) is 10.7 Å². The van der Waals surface area contributed by atoms with Crippen molar-refractivity contribution in [2.24, 2.45) is 5.92 Å². The average molecular weight is 753 g/mol. The van der Waals surface area contributed by atoms with E-state index in [1.54, 1.807) is 10.8 Å². The van der Waals surface area contributed by atoms with Gasteiger partial charge < -0.3 is 35.1 Å². The van der Waals surface area contributed by atoms with Crippen LogP contribution in [0.4, 0.5) is 17.5 Å². The Morgan fingerprint density at radius 2 is 1.75 bits per heavy atom. The molecule has 0 radical (unpaired) electrons. The van der Waals surface area contributed by atoms with E-state index in [0.717, 1.165) is 52.0 Å². The van der Waals surface area contributed by atoms with Crippen molar-refractivity contribution in [3.63, 3.8) is 0 Å². The molecule has 0 bridgehead atoms. The van der Waals surface area contributed by atoms with Gasteiger partial charge in [0, 0.05) is 56.4 Å². The molecular weight excluding hydrogens is 709 g/mol. The molecule has 0 saturated carbocycles. The molecule has 0 aliphatic carbocycles. The summed E-state index contributed by atoms with van der Waals surface area (Å²) >= 11 is 0. The molecule has 286 valence electrons. The summed E-state index contributed by atoms with van der Waals surface area (Å²) < 4.78 is 8.14. The highest BCUT2D eigenvalue weighted by molar-refractivity contribution is 5.91. The molecule has 1 atom stereocenters. The molecule has 6 N–H and O–H groups in total. The first-order valence-corrected chi connectivity index (χ1v) is 18.9. The quantitative estimate of drug-likeness (QED) is 0.117. The van der Waals surface area contributed by atoms with E-state index in [1.165, 1.54) is 0 Å². The van der Waals surface area contributed by atoms with Crippen LogP contribution in [0.2, 0.25) is 0 Å². The Hall–Kier alpha value is -6.14. The summed E-state index contributed by atoms with van der Waals surface area (Å²) in [6.45, 7) is 8.78. The summed E-state index contributed by atoms with van der Waals surface area (Å²) in [4.78, 5) is 29.5. The van der Waals surface area contributed by atoms with Crippen molar-refractivity contribution in [1.82, 2.24) is 29.3 Å². The minimum Gasteiger partial charge on any atom is -0.481 e. The Kier molecular flexibility index (Phi) is 9.98. The average Bonchev–Trinajstić information content (AvgIpc) is 3.82. The summed E-state index contributed by atoms with van der Waals surface area (Å²) in [7, 11) is 0. The maximum absolute atomic E-state index is 11.4. The summed E-state index contributed by atoms with van der Waals surface area (Å²) in [6.07, 6.45) is 5.20. The number of hydrogen-bond acceptors (Lipinski definition) is 12. The van der Waals surface area contributed by atoms with E-state index in [1.807, 2.05) is 56.4 Å². The van der Waals surface area contributed by atoms with Crippen LogP contribution >= 0.6 is 0 Å². The van der Waals surface area contributed by atoms with Gasteiger partial charge in [-0.05, 0) is 92.2 Å². The van der Waals surface area contributed by atoms with Crippen LogP contribution in [0.15, 0.2) is 65.3 Å². The third-order valence-electron chi connectivity index (χ3n) is 11.3. The van der Waals surface area contributed by atoms with Gasteiger partial charge in [-0.3, -0.25) is 20.1 Å². The molecule has 0 amide bonds. The van der Waals surface area contributed by atoms with E-state index >= 15 is 0 Å². The summed E-state index contributed by atoms with van der Waals surface area (Å²) in [5.74, 6) is 0.165. The van der Waals surface area contributed by atoms with Crippen LogP contribution in [0.5, 0.6) is 0 Å². The van der Waals surface area contributed by atoms with Crippen molar-refractivity contribution < 1.29 is 19.4 Å². The summed E-state index contributed by atoms with van der Waals surface area (Å²) in [5, 5.41) is 42.5. The molecule has 2 fully saturated rings.